The highest BCUT2D eigenvalue weighted by Gasteiger charge is 2.19. The van der Waals surface area contributed by atoms with E-state index in [4.69, 9.17) is 0 Å². The predicted octanol–water partition coefficient (Wildman–Crippen LogP) is 4.69. The van der Waals surface area contributed by atoms with Gasteiger partial charge in [0.25, 0.3) is 0 Å². The summed E-state index contributed by atoms with van der Waals surface area (Å²) in [5.41, 5.74) is 5.46. The van der Waals surface area contributed by atoms with E-state index in [9.17, 15) is 0 Å². The Bertz CT molecular complexity index is 594. The molecular weight excluding hydrogens is 235 g/mol. The van der Waals surface area contributed by atoms with E-state index in [2.05, 4.69) is 73.7 Å². The summed E-state index contributed by atoms with van der Waals surface area (Å²) < 4.78 is 0. The Kier molecular flexibility index (Phi) is 3.13. The van der Waals surface area contributed by atoms with Gasteiger partial charge in [0.15, 0.2) is 0 Å². The monoisotopic (exact) mass is 249 g/mol. The lowest BCUT2D eigenvalue weighted by molar-refractivity contribution is 1.34. The molecule has 87 valence electrons. The fourth-order valence-electron chi connectivity index (χ4n) is 2.16. The van der Waals surface area contributed by atoms with E-state index in [1.165, 1.54) is 35.9 Å². The zero-order chi connectivity index (χ0) is 12.4. The summed E-state index contributed by atoms with van der Waals surface area (Å²) in [4.78, 5) is 0. The molecule has 1 heteroatoms. The van der Waals surface area contributed by atoms with Crippen molar-refractivity contribution in [3.63, 3.8) is 0 Å². The molecule has 0 spiro atoms. The molecule has 1 aliphatic heterocycles. The van der Waals surface area contributed by atoms with Gasteiger partial charge in [0.1, 0.15) is 0 Å². The molecule has 0 saturated heterocycles. The Morgan fingerprint density at radius 2 is 1.28 bits per heavy atom. The molecule has 0 fully saturated rings. The molecule has 1 aliphatic rings. The number of allylic oxidation sites excluding steroid dienone is 2. The second-order valence-electron chi connectivity index (χ2n) is 4.41. The van der Waals surface area contributed by atoms with Crippen LogP contribution in [0.2, 0.25) is 0 Å². The van der Waals surface area contributed by atoms with Crippen molar-refractivity contribution in [2.45, 2.75) is 6.92 Å². The van der Waals surface area contributed by atoms with E-state index in [0.29, 0.717) is 0 Å². The average molecular weight is 249 g/mol. The van der Waals surface area contributed by atoms with Crippen LogP contribution in [0.3, 0.4) is 0 Å². The first-order chi connectivity index (χ1) is 8.84. The topological polar surface area (TPSA) is 0 Å². The van der Waals surface area contributed by atoms with Crippen molar-refractivity contribution in [3.8, 4) is 0 Å². The second-order valence-corrected chi connectivity index (χ2v) is 5.56. The summed E-state index contributed by atoms with van der Waals surface area (Å²) in [5.74, 6) is 0. The third-order valence-electron chi connectivity index (χ3n) is 3.08. The molecular formula is C17H14P. The predicted molar refractivity (Wildman–Crippen MR) is 80.0 cm³/mol. The van der Waals surface area contributed by atoms with E-state index >= 15 is 0 Å². The van der Waals surface area contributed by atoms with Crippen molar-refractivity contribution in [1.29, 1.82) is 0 Å². The highest BCUT2D eigenvalue weighted by atomic mass is 31.1. The standard InChI is InChI=1S/C17H14P/c1-13-12-16(14-8-4-2-5-9-14)18-17(13)15-10-6-3-7-11-15/h2-12H,1H3. The number of hydrogen-bond acceptors (Lipinski definition) is 0. The van der Waals surface area contributed by atoms with Crippen LogP contribution >= 0.6 is 8.20 Å². The minimum atomic E-state index is 1.32. The molecule has 1 radical (unpaired) electrons. The fourth-order valence-corrected chi connectivity index (χ4v) is 3.46. The molecule has 0 aliphatic carbocycles. The molecule has 0 amide bonds. The first-order valence-electron chi connectivity index (χ1n) is 6.10. The largest absolute Gasteiger partial charge is 0.0796 e. The van der Waals surface area contributed by atoms with Crippen molar-refractivity contribution in [1.82, 2.24) is 0 Å². The van der Waals surface area contributed by atoms with Gasteiger partial charge in [-0.3, -0.25) is 0 Å². The van der Waals surface area contributed by atoms with Crippen LogP contribution in [0.25, 0.3) is 0 Å². The third-order valence-corrected chi connectivity index (χ3v) is 4.54. The Morgan fingerprint density at radius 1 is 0.722 bits per heavy atom. The molecule has 0 N–H and O–H groups in total. The first-order valence-corrected chi connectivity index (χ1v) is 6.99. The molecule has 3 rings (SSSR count). The van der Waals surface area contributed by atoms with Crippen molar-refractivity contribution in [2.24, 2.45) is 0 Å². The van der Waals surface area contributed by atoms with Gasteiger partial charge in [0.05, 0.1) is 5.66 Å². The Hall–Kier alpha value is -1.65. The Labute approximate surface area is 110 Å². The van der Waals surface area contributed by atoms with Gasteiger partial charge in [-0.05, 0) is 24.1 Å². The van der Waals surface area contributed by atoms with Crippen LogP contribution in [0.4, 0.5) is 0 Å². The first kappa shape index (κ1) is 11.4. The van der Waals surface area contributed by atoms with Crippen LogP contribution in [0.5, 0.6) is 0 Å². The van der Waals surface area contributed by atoms with E-state index in [1.807, 2.05) is 0 Å². The van der Waals surface area contributed by atoms with Crippen LogP contribution in [-0.4, -0.2) is 5.29 Å². The molecule has 0 bridgehead atoms. The maximum Gasteiger partial charge on any atom is 0.0796 e. The van der Waals surface area contributed by atoms with Crippen LogP contribution in [0, 0.1) is 5.66 Å². The van der Waals surface area contributed by atoms with Gasteiger partial charge in [-0.15, -0.1) is 0 Å². The van der Waals surface area contributed by atoms with Crippen molar-refractivity contribution in [2.75, 3.05) is 0 Å². The summed E-state index contributed by atoms with van der Waals surface area (Å²) in [6, 6.07) is 21.3. The zero-order valence-corrected chi connectivity index (χ0v) is 11.2. The lowest BCUT2D eigenvalue weighted by Crippen LogP contribution is -1.89. The summed E-state index contributed by atoms with van der Waals surface area (Å²) in [6.45, 7) is 2.20. The third kappa shape index (κ3) is 2.17. The smallest absolute Gasteiger partial charge is 0.0776 e. The van der Waals surface area contributed by atoms with Gasteiger partial charge in [0, 0.05) is 5.29 Å². The zero-order valence-electron chi connectivity index (χ0n) is 10.3. The van der Waals surface area contributed by atoms with E-state index in [0.717, 1.165) is 0 Å². The maximum absolute atomic E-state index is 2.30. The summed E-state index contributed by atoms with van der Waals surface area (Å²) in [7, 11) is 1.32. The molecule has 2 aromatic rings. The van der Waals surface area contributed by atoms with E-state index < -0.39 is 0 Å². The molecule has 0 aromatic heterocycles. The summed E-state index contributed by atoms with van der Waals surface area (Å²) in [5, 5.41) is 1.40. The van der Waals surface area contributed by atoms with Gasteiger partial charge in [-0.2, -0.15) is 0 Å². The van der Waals surface area contributed by atoms with E-state index in [1.54, 1.807) is 0 Å². The van der Waals surface area contributed by atoms with Gasteiger partial charge in [-0.25, -0.2) is 0 Å². The van der Waals surface area contributed by atoms with E-state index in [-0.39, 0.29) is 0 Å². The molecule has 0 saturated carbocycles. The summed E-state index contributed by atoms with van der Waals surface area (Å²) >= 11 is 0. The summed E-state index contributed by atoms with van der Waals surface area (Å²) in [6.07, 6.45) is 2.30. The van der Waals surface area contributed by atoms with Crippen molar-refractivity contribution in [3.05, 3.63) is 89.1 Å². The molecule has 1 heterocycles. The van der Waals surface area contributed by atoms with Crippen LogP contribution in [-0.2, 0) is 0 Å². The molecule has 0 unspecified atom stereocenters. The molecule has 0 nitrogen and oxygen atoms in total. The second kappa shape index (κ2) is 4.92. The maximum atomic E-state index is 2.30. The van der Waals surface area contributed by atoms with Crippen molar-refractivity contribution < 1.29 is 0 Å². The number of hydrogen-bond donors (Lipinski definition) is 0. The minimum Gasteiger partial charge on any atom is -0.0776 e. The van der Waals surface area contributed by atoms with Crippen LogP contribution < -0.4 is 0 Å². The average Bonchev–Trinajstić information content (AvgIpc) is 2.83. The van der Waals surface area contributed by atoms with Crippen molar-refractivity contribution >= 4 is 13.5 Å². The minimum absolute atomic E-state index is 1.32. The lowest BCUT2D eigenvalue weighted by Gasteiger charge is -2.07. The van der Waals surface area contributed by atoms with Gasteiger partial charge in [0.2, 0.25) is 0 Å². The molecule has 2 aromatic carbocycles. The Balaban J connectivity index is 1.97. The molecule has 0 atom stereocenters. The number of benzene rings is 2. The highest BCUT2D eigenvalue weighted by molar-refractivity contribution is 7.46. The molecule has 18 heavy (non-hydrogen) atoms. The van der Waals surface area contributed by atoms with Crippen LogP contribution in [0.15, 0.2) is 72.3 Å². The SMILES string of the molecule is CC1=CC(c2ccccc2)=P[C]1c1ccccc1. The lowest BCUT2D eigenvalue weighted by atomic mass is 10.0. The highest BCUT2D eigenvalue weighted by Crippen LogP contribution is 2.40. The Morgan fingerprint density at radius 3 is 1.89 bits per heavy atom. The van der Waals surface area contributed by atoms with Gasteiger partial charge >= 0.3 is 0 Å². The normalized spacial score (nSPS) is 16.3. The fraction of sp³-hybridized carbons (Fsp3) is 0.0588. The van der Waals surface area contributed by atoms with Gasteiger partial charge in [-0.1, -0.05) is 74.4 Å². The van der Waals surface area contributed by atoms with Crippen LogP contribution in [0.1, 0.15) is 18.1 Å². The quantitative estimate of drug-likeness (QED) is 0.677. The van der Waals surface area contributed by atoms with Gasteiger partial charge < -0.3 is 0 Å². The number of rotatable bonds is 2.